The number of anilines is 2. The number of nitrogens with one attached hydrogen (secondary N) is 1. The van der Waals surface area contributed by atoms with E-state index in [-0.39, 0.29) is 12.6 Å². The predicted molar refractivity (Wildman–Crippen MR) is 68.4 cm³/mol. The van der Waals surface area contributed by atoms with Crippen molar-refractivity contribution in [3.63, 3.8) is 0 Å². The van der Waals surface area contributed by atoms with Gasteiger partial charge in [-0.25, -0.2) is 0 Å². The number of benzene rings is 1. The van der Waals surface area contributed by atoms with Crippen molar-refractivity contribution in [1.29, 1.82) is 0 Å². The third-order valence-electron chi connectivity index (χ3n) is 1.98. The van der Waals surface area contributed by atoms with Crippen LogP contribution in [0.3, 0.4) is 0 Å². The van der Waals surface area contributed by atoms with Crippen LogP contribution in [0.1, 0.15) is 13.3 Å². The van der Waals surface area contributed by atoms with E-state index >= 15 is 0 Å². The predicted octanol–water partition coefficient (Wildman–Crippen LogP) is 2.06. The van der Waals surface area contributed by atoms with Crippen molar-refractivity contribution in [1.82, 2.24) is 0 Å². The zero-order valence-electron chi connectivity index (χ0n) is 8.13. The number of rotatable bonds is 4. The van der Waals surface area contributed by atoms with E-state index in [2.05, 4.69) is 27.9 Å². The third-order valence-corrected chi connectivity index (χ3v) is 2.65. The second-order valence-electron chi connectivity index (χ2n) is 3.29. The van der Waals surface area contributed by atoms with E-state index in [0.717, 1.165) is 21.4 Å². The summed E-state index contributed by atoms with van der Waals surface area (Å²) in [7, 11) is 0. The molecule has 4 heteroatoms. The fraction of sp³-hybridized carbons (Fsp3) is 0.400. The highest BCUT2D eigenvalue weighted by Crippen LogP contribution is 2.21. The van der Waals surface area contributed by atoms with Crippen molar-refractivity contribution in [2.45, 2.75) is 19.4 Å². The molecule has 0 bridgehead atoms. The highest BCUT2D eigenvalue weighted by molar-refractivity contribution is 14.1. The number of aliphatic hydroxyl groups is 1. The summed E-state index contributed by atoms with van der Waals surface area (Å²) < 4.78 is 1.13. The number of nitrogens with two attached hydrogens (primary N) is 1. The van der Waals surface area contributed by atoms with Crippen molar-refractivity contribution in [2.75, 3.05) is 17.7 Å². The van der Waals surface area contributed by atoms with Crippen LogP contribution in [-0.4, -0.2) is 17.8 Å². The maximum atomic E-state index is 8.76. The number of aliphatic hydroxyl groups excluding tert-OH is 1. The van der Waals surface area contributed by atoms with Gasteiger partial charge in [0.15, 0.2) is 0 Å². The lowest BCUT2D eigenvalue weighted by atomic mass is 10.2. The fourth-order valence-corrected chi connectivity index (χ4v) is 1.71. The first kappa shape index (κ1) is 11.6. The number of hydrogen-bond acceptors (Lipinski definition) is 3. The minimum Gasteiger partial charge on any atom is -0.397 e. The molecule has 0 heterocycles. The van der Waals surface area contributed by atoms with Crippen molar-refractivity contribution < 1.29 is 5.11 Å². The Labute approximate surface area is 97.8 Å². The van der Waals surface area contributed by atoms with Crippen LogP contribution in [0.15, 0.2) is 18.2 Å². The van der Waals surface area contributed by atoms with Crippen LogP contribution in [0.2, 0.25) is 0 Å². The highest BCUT2D eigenvalue weighted by atomic mass is 127. The Kier molecular flexibility index (Phi) is 4.47. The van der Waals surface area contributed by atoms with E-state index in [4.69, 9.17) is 10.8 Å². The Morgan fingerprint density at radius 2 is 2.29 bits per heavy atom. The molecule has 3 nitrogen and oxygen atoms in total. The van der Waals surface area contributed by atoms with Crippen molar-refractivity contribution in [2.24, 2.45) is 0 Å². The van der Waals surface area contributed by atoms with Crippen molar-refractivity contribution in [3.8, 4) is 0 Å². The van der Waals surface area contributed by atoms with Crippen LogP contribution < -0.4 is 11.1 Å². The molecule has 1 aromatic rings. The van der Waals surface area contributed by atoms with Gasteiger partial charge in [-0.15, -0.1) is 0 Å². The van der Waals surface area contributed by atoms with Crippen molar-refractivity contribution in [3.05, 3.63) is 21.8 Å². The molecule has 1 atom stereocenters. The number of nitrogen functional groups attached to an aromatic ring is 1. The molecule has 0 amide bonds. The molecular formula is C10H15IN2O. The van der Waals surface area contributed by atoms with Gasteiger partial charge in [0.05, 0.1) is 11.4 Å². The largest absolute Gasteiger partial charge is 0.397 e. The van der Waals surface area contributed by atoms with E-state index in [1.165, 1.54) is 0 Å². The first-order chi connectivity index (χ1) is 6.63. The summed E-state index contributed by atoms with van der Waals surface area (Å²) in [5.41, 5.74) is 7.52. The molecule has 0 aliphatic carbocycles. The standard InChI is InChI=1S/C10H15IN2O/c1-7(4-5-14)13-10-3-2-8(11)6-9(10)12/h2-3,6-7,13-14H,4-5,12H2,1H3. The SMILES string of the molecule is CC(CCO)Nc1ccc(I)cc1N. The lowest BCUT2D eigenvalue weighted by Gasteiger charge is -2.15. The zero-order valence-corrected chi connectivity index (χ0v) is 10.3. The molecule has 4 N–H and O–H groups in total. The quantitative estimate of drug-likeness (QED) is 0.589. The third kappa shape index (κ3) is 3.34. The Hall–Kier alpha value is -0.490. The van der Waals surface area contributed by atoms with Gasteiger partial charge in [0.1, 0.15) is 0 Å². The molecule has 0 radical (unpaired) electrons. The number of hydrogen-bond donors (Lipinski definition) is 3. The molecule has 1 rings (SSSR count). The highest BCUT2D eigenvalue weighted by Gasteiger charge is 2.03. The molecule has 0 aliphatic rings. The van der Waals surface area contributed by atoms with E-state index in [9.17, 15) is 0 Å². The summed E-state index contributed by atoms with van der Waals surface area (Å²) in [4.78, 5) is 0. The average Bonchev–Trinajstić information content (AvgIpc) is 2.10. The summed E-state index contributed by atoms with van der Waals surface area (Å²) in [6, 6.07) is 6.13. The summed E-state index contributed by atoms with van der Waals surface area (Å²) in [5.74, 6) is 0. The Bertz CT molecular complexity index is 304. The van der Waals surface area contributed by atoms with Crippen LogP contribution in [0, 0.1) is 3.57 Å². The number of halogens is 1. The lowest BCUT2D eigenvalue weighted by Crippen LogP contribution is -2.17. The van der Waals surface area contributed by atoms with Crippen molar-refractivity contribution >= 4 is 34.0 Å². The minimum absolute atomic E-state index is 0.193. The summed E-state index contributed by atoms with van der Waals surface area (Å²) in [5, 5.41) is 12.0. The van der Waals surface area contributed by atoms with Gasteiger partial charge in [-0.2, -0.15) is 0 Å². The topological polar surface area (TPSA) is 58.3 Å². The lowest BCUT2D eigenvalue weighted by molar-refractivity contribution is 0.282. The van der Waals surface area contributed by atoms with E-state index in [1.54, 1.807) is 0 Å². The average molecular weight is 306 g/mol. The minimum atomic E-state index is 0.193. The van der Waals surface area contributed by atoms with Crippen LogP contribution in [0.5, 0.6) is 0 Å². The zero-order chi connectivity index (χ0) is 10.6. The van der Waals surface area contributed by atoms with Crippen LogP contribution >= 0.6 is 22.6 Å². The Morgan fingerprint density at radius 1 is 1.57 bits per heavy atom. The Balaban J connectivity index is 2.67. The van der Waals surface area contributed by atoms with Gasteiger partial charge < -0.3 is 16.2 Å². The monoisotopic (exact) mass is 306 g/mol. The maximum absolute atomic E-state index is 8.76. The van der Waals surface area contributed by atoms with E-state index < -0.39 is 0 Å². The van der Waals surface area contributed by atoms with Gasteiger partial charge in [-0.3, -0.25) is 0 Å². The molecule has 0 fully saturated rings. The molecule has 1 unspecified atom stereocenters. The van der Waals surface area contributed by atoms with Gasteiger partial charge in [0.2, 0.25) is 0 Å². The van der Waals surface area contributed by atoms with Gasteiger partial charge in [0.25, 0.3) is 0 Å². The fourth-order valence-electron chi connectivity index (χ4n) is 1.20. The Morgan fingerprint density at radius 3 is 2.86 bits per heavy atom. The first-order valence-corrected chi connectivity index (χ1v) is 5.63. The summed E-state index contributed by atoms with van der Waals surface area (Å²) in [6.45, 7) is 2.21. The molecule has 1 aromatic carbocycles. The summed E-state index contributed by atoms with van der Waals surface area (Å²) >= 11 is 2.22. The van der Waals surface area contributed by atoms with Crippen LogP contribution in [-0.2, 0) is 0 Å². The normalized spacial score (nSPS) is 12.5. The van der Waals surface area contributed by atoms with E-state index in [0.29, 0.717) is 0 Å². The van der Waals surface area contributed by atoms with Crippen LogP contribution in [0.4, 0.5) is 11.4 Å². The van der Waals surface area contributed by atoms with Gasteiger partial charge in [-0.1, -0.05) is 0 Å². The smallest absolute Gasteiger partial charge is 0.0576 e. The van der Waals surface area contributed by atoms with Gasteiger partial charge >= 0.3 is 0 Å². The molecular weight excluding hydrogens is 291 g/mol. The van der Waals surface area contributed by atoms with Gasteiger partial charge in [0, 0.05) is 16.2 Å². The molecule has 0 aliphatic heterocycles. The first-order valence-electron chi connectivity index (χ1n) is 4.56. The summed E-state index contributed by atoms with van der Waals surface area (Å²) in [6.07, 6.45) is 0.728. The maximum Gasteiger partial charge on any atom is 0.0576 e. The second-order valence-corrected chi connectivity index (χ2v) is 4.53. The molecule has 0 spiro atoms. The van der Waals surface area contributed by atoms with Crippen LogP contribution in [0.25, 0.3) is 0 Å². The molecule has 78 valence electrons. The molecule has 0 aromatic heterocycles. The van der Waals surface area contributed by atoms with E-state index in [1.807, 2.05) is 25.1 Å². The molecule has 0 saturated heterocycles. The molecule has 0 saturated carbocycles. The second kappa shape index (κ2) is 5.41. The van der Waals surface area contributed by atoms with Gasteiger partial charge in [-0.05, 0) is 54.1 Å². The molecule has 14 heavy (non-hydrogen) atoms.